The molecule has 1 nitrogen and oxygen atoms in total. The van der Waals surface area contributed by atoms with Crippen molar-refractivity contribution in [3.05, 3.63) is 50.1 Å². The lowest BCUT2D eigenvalue weighted by molar-refractivity contribution is 1.04. The number of benzene rings is 1. The molecule has 0 saturated heterocycles. The second-order valence-electron chi connectivity index (χ2n) is 4.17. The molecular formula is C14H16BrNS. The van der Waals surface area contributed by atoms with Crippen molar-refractivity contribution < 1.29 is 0 Å². The maximum Gasteiger partial charge on any atom is 0.0400 e. The van der Waals surface area contributed by atoms with Crippen LogP contribution in [0.5, 0.6) is 0 Å². The summed E-state index contributed by atoms with van der Waals surface area (Å²) in [4.78, 5) is 1.44. The van der Waals surface area contributed by atoms with Crippen LogP contribution in [0.4, 0.5) is 5.69 Å². The van der Waals surface area contributed by atoms with Gasteiger partial charge in [0, 0.05) is 21.6 Å². The fourth-order valence-electron chi connectivity index (χ4n) is 1.96. The van der Waals surface area contributed by atoms with Gasteiger partial charge in [-0.15, -0.1) is 11.3 Å². The molecule has 1 aromatic carbocycles. The molecule has 0 atom stereocenters. The van der Waals surface area contributed by atoms with Crippen LogP contribution in [-0.2, 0) is 6.42 Å². The predicted molar refractivity (Wildman–Crippen MR) is 80.1 cm³/mol. The number of rotatable bonds is 4. The van der Waals surface area contributed by atoms with E-state index in [1.165, 1.54) is 21.7 Å². The third-order valence-electron chi connectivity index (χ3n) is 2.75. The largest absolute Gasteiger partial charge is 0.384 e. The lowest BCUT2D eigenvalue weighted by atomic mass is 10.1. The number of anilines is 1. The summed E-state index contributed by atoms with van der Waals surface area (Å²) in [5.74, 6) is 0. The van der Waals surface area contributed by atoms with Gasteiger partial charge in [0.2, 0.25) is 0 Å². The Labute approximate surface area is 115 Å². The molecule has 3 heteroatoms. The van der Waals surface area contributed by atoms with Gasteiger partial charge in [-0.3, -0.25) is 0 Å². The molecular weight excluding hydrogens is 294 g/mol. The first-order valence-corrected chi connectivity index (χ1v) is 7.37. The smallest absolute Gasteiger partial charge is 0.0400 e. The molecule has 2 rings (SSSR count). The highest BCUT2D eigenvalue weighted by atomic mass is 79.9. The van der Waals surface area contributed by atoms with Gasteiger partial charge in [0.15, 0.2) is 0 Å². The van der Waals surface area contributed by atoms with E-state index in [4.69, 9.17) is 0 Å². The molecule has 2 aromatic rings. The van der Waals surface area contributed by atoms with Gasteiger partial charge in [-0.2, -0.15) is 0 Å². The van der Waals surface area contributed by atoms with Crippen molar-refractivity contribution in [1.29, 1.82) is 0 Å². The predicted octanol–water partition coefficient (Wildman–Crippen LogP) is 4.78. The highest BCUT2D eigenvalue weighted by Crippen LogP contribution is 2.25. The Morgan fingerprint density at radius 2 is 1.94 bits per heavy atom. The number of hydrogen-bond donors (Lipinski definition) is 1. The quantitative estimate of drug-likeness (QED) is 0.857. The number of thiophene rings is 1. The SMILES string of the molecule is Cc1cc(Br)cc(C)c1NCCc1cccs1. The van der Waals surface area contributed by atoms with E-state index in [0.717, 1.165) is 17.4 Å². The highest BCUT2D eigenvalue weighted by molar-refractivity contribution is 9.10. The van der Waals surface area contributed by atoms with E-state index in [-0.39, 0.29) is 0 Å². The van der Waals surface area contributed by atoms with Crippen LogP contribution < -0.4 is 5.32 Å². The molecule has 0 aliphatic rings. The molecule has 1 aromatic heterocycles. The van der Waals surface area contributed by atoms with E-state index in [2.05, 4.69) is 64.7 Å². The highest BCUT2D eigenvalue weighted by Gasteiger charge is 2.03. The summed E-state index contributed by atoms with van der Waals surface area (Å²) in [7, 11) is 0. The van der Waals surface area contributed by atoms with Crippen molar-refractivity contribution in [2.45, 2.75) is 20.3 Å². The normalized spacial score (nSPS) is 10.5. The number of halogens is 1. The molecule has 0 aliphatic heterocycles. The summed E-state index contributed by atoms with van der Waals surface area (Å²) in [6, 6.07) is 8.60. The lowest BCUT2D eigenvalue weighted by Gasteiger charge is -2.13. The van der Waals surface area contributed by atoms with Crippen molar-refractivity contribution in [2.24, 2.45) is 0 Å². The minimum Gasteiger partial charge on any atom is -0.384 e. The maximum atomic E-state index is 3.53. The van der Waals surface area contributed by atoms with Crippen molar-refractivity contribution in [1.82, 2.24) is 0 Å². The van der Waals surface area contributed by atoms with Crippen LogP contribution in [0.3, 0.4) is 0 Å². The average molecular weight is 310 g/mol. The minimum absolute atomic E-state index is 0.990. The molecule has 0 saturated carbocycles. The van der Waals surface area contributed by atoms with Crippen LogP contribution in [-0.4, -0.2) is 6.54 Å². The summed E-state index contributed by atoms with van der Waals surface area (Å²) in [5, 5.41) is 5.66. The second-order valence-corrected chi connectivity index (χ2v) is 6.12. The molecule has 0 unspecified atom stereocenters. The minimum atomic E-state index is 0.990. The van der Waals surface area contributed by atoms with Gasteiger partial charge >= 0.3 is 0 Å². The molecule has 0 bridgehead atoms. The number of hydrogen-bond acceptors (Lipinski definition) is 2. The molecule has 1 N–H and O–H groups in total. The van der Waals surface area contributed by atoms with E-state index in [1.54, 1.807) is 0 Å². The second kappa shape index (κ2) is 5.69. The molecule has 0 spiro atoms. The Morgan fingerprint density at radius 3 is 2.53 bits per heavy atom. The zero-order valence-corrected chi connectivity index (χ0v) is 12.5. The number of aryl methyl sites for hydroxylation is 2. The van der Waals surface area contributed by atoms with Crippen LogP contribution >= 0.6 is 27.3 Å². The van der Waals surface area contributed by atoms with E-state index < -0.39 is 0 Å². The molecule has 90 valence electrons. The van der Waals surface area contributed by atoms with Crippen molar-refractivity contribution in [3.63, 3.8) is 0 Å². The summed E-state index contributed by atoms with van der Waals surface area (Å²) in [6.45, 7) is 5.28. The molecule has 0 amide bonds. The van der Waals surface area contributed by atoms with Crippen molar-refractivity contribution in [3.8, 4) is 0 Å². The van der Waals surface area contributed by atoms with E-state index >= 15 is 0 Å². The third kappa shape index (κ3) is 3.33. The monoisotopic (exact) mass is 309 g/mol. The van der Waals surface area contributed by atoms with Crippen LogP contribution in [0, 0.1) is 13.8 Å². The first-order chi connectivity index (χ1) is 8.16. The lowest BCUT2D eigenvalue weighted by Crippen LogP contribution is -2.06. The van der Waals surface area contributed by atoms with E-state index in [9.17, 15) is 0 Å². The maximum absolute atomic E-state index is 3.53. The van der Waals surface area contributed by atoms with Crippen LogP contribution in [0.2, 0.25) is 0 Å². The summed E-state index contributed by atoms with van der Waals surface area (Å²) in [5.41, 5.74) is 3.86. The summed E-state index contributed by atoms with van der Waals surface area (Å²) >= 11 is 5.34. The third-order valence-corrected chi connectivity index (χ3v) is 4.14. The van der Waals surface area contributed by atoms with Crippen molar-refractivity contribution >= 4 is 33.0 Å². The van der Waals surface area contributed by atoms with Gasteiger partial charge in [-0.25, -0.2) is 0 Å². The first kappa shape index (κ1) is 12.7. The molecule has 0 aliphatic carbocycles. The average Bonchev–Trinajstić information content (AvgIpc) is 2.74. The van der Waals surface area contributed by atoms with Gasteiger partial charge < -0.3 is 5.32 Å². The summed E-state index contributed by atoms with van der Waals surface area (Å²) in [6.07, 6.45) is 1.09. The van der Waals surface area contributed by atoms with E-state index in [0.29, 0.717) is 0 Å². The van der Waals surface area contributed by atoms with Gasteiger partial charge in [0.1, 0.15) is 0 Å². The first-order valence-electron chi connectivity index (χ1n) is 5.70. The van der Waals surface area contributed by atoms with Gasteiger partial charge in [0.05, 0.1) is 0 Å². The number of nitrogens with one attached hydrogen (secondary N) is 1. The molecule has 1 heterocycles. The van der Waals surface area contributed by atoms with E-state index in [1.807, 2.05) is 11.3 Å². The van der Waals surface area contributed by atoms with Gasteiger partial charge in [0.25, 0.3) is 0 Å². The zero-order valence-electron chi connectivity index (χ0n) is 10.1. The van der Waals surface area contributed by atoms with Crippen molar-refractivity contribution in [2.75, 3.05) is 11.9 Å². The van der Waals surface area contributed by atoms with Crippen LogP contribution in [0.25, 0.3) is 0 Å². The summed E-state index contributed by atoms with van der Waals surface area (Å²) < 4.78 is 1.15. The Hall–Kier alpha value is -0.800. The standard InChI is InChI=1S/C14H16BrNS/c1-10-8-12(15)9-11(2)14(10)16-6-5-13-4-3-7-17-13/h3-4,7-9,16H,5-6H2,1-2H3. The topological polar surface area (TPSA) is 12.0 Å². The zero-order chi connectivity index (χ0) is 12.3. The van der Waals surface area contributed by atoms with Crippen LogP contribution in [0.1, 0.15) is 16.0 Å². The fraction of sp³-hybridized carbons (Fsp3) is 0.286. The molecule has 0 radical (unpaired) electrons. The Balaban J connectivity index is 1.99. The Morgan fingerprint density at radius 1 is 1.24 bits per heavy atom. The van der Waals surface area contributed by atoms with Gasteiger partial charge in [-0.1, -0.05) is 22.0 Å². The van der Waals surface area contributed by atoms with Gasteiger partial charge in [-0.05, 0) is 55.0 Å². The Bertz CT molecular complexity index is 468. The molecule has 0 fully saturated rings. The van der Waals surface area contributed by atoms with Crippen LogP contribution in [0.15, 0.2) is 34.1 Å². The molecule has 17 heavy (non-hydrogen) atoms. The fourth-order valence-corrected chi connectivity index (χ4v) is 3.35. The Kier molecular flexibility index (Phi) is 4.24.